The van der Waals surface area contributed by atoms with Crippen LogP contribution in [0.3, 0.4) is 0 Å². The quantitative estimate of drug-likeness (QED) is 0.398. The number of halogens is 2. The molecule has 2 heteroatoms. The van der Waals surface area contributed by atoms with E-state index in [1.165, 1.54) is 5.56 Å². The Morgan fingerprint density at radius 2 is 1.27 bits per heavy atom. The molecule has 3 aromatic rings. The Labute approximate surface area is 141 Å². The Morgan fingerprint density at radius 3 is 1.91 bits per heavy atom. The number of alkyl halides is 1. The Morgan fingerprint density at radius 1 is 0.682 bits per heavy atom. The Balaban J connectivity index is 2.24. The van der Waals surface area contributed by atoms with Gasteiger partial charge in [0.2, 0.25) is 0 Å². The van der Waals surface area contributed by atoms with Crippen molar-refractivity contribution in [3.63, 3.8) is 0 Å². The van der Waals surface area contributed by atoms with E-state index >= 15 is 0 Å². The summed E-state index contributed by atoms with van der Waals surface area (Å²) in [6.07, 6.45) is 0. The fourth-order valence-corrected chi connectivity index (χ4v) is 3.21. The first-order valence-electron chi connectivity index (χ1n) is 7.18. The lowest BCUT2D eigenvalue weighted by Gasteiger charge is -2.29. The lowest BCUT2D eigenvalue weighted by atomic mass is 9.84. The summed E-state index contributed by atoms with van der Waals surface area (Å²) in [4.78, 5) is -0.750. The minimum atomic E-state index is -0.750. The molecule has 0 amide bonds. The monoisotopic (exact) mass is 326 g/mol. The lowest BCUT2D eigenvalue weighted by Crippen LogP contribution is -2.22. The van der Waals surface area contributed by atoms with Gasteiger partial charge in [0.25, 0.3) is 0 Å². The van der Waals surface area contributed by atoms with Gasteiger partial charge in [0.05, 0.1) is 0 Å². The second kappa shape index (κ2) is 6.16. The van der Waals surface area contributed by atoms with E-state index in [-0.39, 0.29) is 0 Å². The van der Waals surface area contributed by atoms with Gasteiger partial charge in [0.15, 0.2) is 0 Å². The normalized spacial score (nSPS) is 13.6. The summed E-state index contributed by atoms with van der Waals surface area (Å²) in [6, 6.07) is 26.2. The zero-order valence-corrected chi connectivity index (χ0v) is 13.8. The molecule has 0 N–H and O–H groups in total. The van der Waals surface area contributed by atoms with Gasteiger partial charge in [-0.1, -0.05) is 83.9 Å². The van der Waals surface area contributed by atoms with Gasteiger partial charge in [0.1, 0.15) is 4.87 Å². The molecule has 22 heavy (non-hydrogen) atoms. The summed E-state index contributed by atoms with van der Waals surface area (Å²) in [5, 5.41) is 0.686. The third kappa shape index (κ3) is 2.77. The number of benzene rings is 3. The van der Waals surface area contributed by atoms with Gasteiger partial charge in [-0.25, -0.2) is 0 Å². The van der Waals surface area contributed by atoms with Crippen LogP contribution in [0.25, 0.3) is 0 Å². The smallest absolute Gasteiger partial charge is 0.104 e. The molecule has 0 heterocycles. The molecule has 0 aliphatic heterocycles. The van der Waals surface area contributed by atoms with Gasteiger partial charge in [-0.2, -0.15) is 0 Å². The molecule has 0 saturated heterocycles. The van der Waals surface area contributed by atoms with E-state index in [4.69, 9.17) is 23.2 Å². The van der Waals surface area contributed by atoms with Crippen molar-refractivity contribution in [2.45, 2.75) is 11.8 Å². The molecule has 0 aromatic heterocycles. The van der Waals surface area contributed by atoms with Crippen LogP contribution in [0.15, 0.2) is 78.9 Å². The summed E-state index contributed by atoms with van der Waals surface area (Å²) < 4.78 is 0. The van der Waals surface area contributed by atoms with Gasteiger partial charge >= 0.3 is 0 Å². The van der Waals surface area contributed by atoms with E-state index in [0.717, 1.165) is 16.7 Å². The summed E-state index contributed by atoms with van der Waals surface area (Å²) in [6.45, 7) is 2.07. The summed E-state index contributed by atoms with van der Waals surface area (Å²) >= 11 is 13.4. The molecule has 0 fully saturated rings. The van der Waals surface area contributed by atoms with Crippen LogP contribution in [-0.4, -0.2) is 0 Å². The molecule has 0 spiro atoms. The van der Waals surface area contributed by atoms with E-state index in [0.29, 0.717) is 5.02 Å². The number of rotatable bonds is 3. The molecular formula is C20H16Cl2. The van der Waals surface area contributed by atoms with Crippen LogP contribution in [0.1, 0.15) is 22.3 Å². The molecule has 0 bridgehead atoms. The van der Waals surface area contributed by atoms with E-state index in [9.17, 15) is 0 Å². The molecule has 1 unspecified atom stereocenters. The van der Waals surface area contributed by atoms with Crippen molar-refractivity contribution in [3.05, 3.63) is 106 Å². The predicted molar refractivity (Wildman–Crippen MR) is 94.8 cm³/mol. The fourth-order valence-electron chi connectivity index (χ4n) is 2.65. The average Bonchev–Trinajstić information content (AvgIpc) is 2.55. The molecule has 0 saturated carbocycles. The van der Waals surface area contributed by atoms with Gasteiger partial charge in [-0.15, -0.1) is 11.6 Å². The third-order valence-corrected chi connectivity index (χ3v) is 4.73. The van der Waals surface area contributed by atoms with E-state index in [1.807, 2.05) is 54.6 Å². The van der Waals surface area contributed by atoms with E-state index in [1.54, 1.807) is 0 Å². The highest BCUT2D eigenvalue weighted by atomic mass is 35.5. The lowest BCUT2D eigenvalue weighted by molar-refractivity contribution is 0.879. The number of aryl methyl sites for hydroxylation is 1. The molecule has 3 rings (SSSR count). The van der Waals surface area contributed by atoms with Crippen molar-refractivity contribution >= 4 is 23.2 Å². The summed E-state index contributed by atoms with van der Waals surface area (Å²) in [5.74, 6) is 0. The van der Waals surface area contributed by atoms with Gasteiger partial charge in [-0.05, 0) is 35.7 Å². The van der Waals surface area contributed by atoms with Crippen molar-refractivity contribution < 1.29 is 0 Å². The third-order valence-electron chi connectivity index (χ3n) is 3.84. The Bertz CT molecular complexity index is 763. The molecule has 3 aromatic carbocycles. The Hall–Kier alpha value is -1.76. The number of hydrogen-bond acceptors (Lipinski definition) is 0. The van der Waals surface area contributed by atoms with Crippen LogP contribution in [-0.2, 0) is 4.87 Å². The summed E-state index contributed by atoms with van der Waals surface area (Å²) in [5.41, 5.74) is 4.25. The van der Waals surface area contributed by atoms with Crippen LogP contribution in [0.5, 0.6) is 0 Å². The van der Waals surface area contributed by atoms with E-state index < -0.39 is 4.87 Å². The van der Waals surface area contributed by atoms with Gasteiger partial charge in [-0.3, -0.25) is 0 Å². The highest BCUT2D eigenvalue weighted by Gasteiger charge is 2.34. The molecule has 0 aliphatic carbocycles. The molecule has 0 nitrogen and oxygen atoms in total. The molecule has 0 aliphatic rings. The van der Waals surface area contributed by atoms with Crippen molar-refractivity contribution in [2.24, 2.45) is 0 Å². The van der Waals surface area contributed by atoms with Crippen LogP contribution in [0, 0.1) is 6.92 Å². The minimum absolute atomic E-state index is 0.686. The number of hydrogen-bond donors (Lipinski definition) is 0. The topological polar surface area (TPSA) is 0 Å². The maximum Gasteiger partial charge on any atom is 0.119 e. The van der Waals surface area contributed by atoms with Crippen LogP contribution in [0.4, 0.5) is 0 Å². The zero-order chi connectivity index (χ0) is 15.6. The minimum Gasteiger partial charge on any atom is -0.104 e. The second-order valence-electron chi connectivity index (χ2n) is 5.40. The zero-order valence-electron chi connectivity index (χ0n) is 12.3. The van der Waals surface area contributed by atoms with Crippen LogP contribution < -0.4 is 0 Å². The first kappa shape index (κ1) is 15.1. The highest BCUT2D eigenvalue weighted by molar-refractivity contribution is 6.31. The van der Waals surface area contributed by atoms with E-state index in [2.05, 4.69) is 31.2 Å². The maximum atomic E-state index is 7.18. The second-order valence-corrected chi connectivity index (χ2v) is 6.40. The largest absolute Gasteiger partial charge is 0.119 e. The Kier molecular flexibility index (Phi) is 4.24. The molecular weight excluding hydrogens is 311 g/mol. The first-order valence-corrected chi connectivity index (χ1v) is 7.94. The molecule has 1 atom stereocenters. The predicted octanol–water partition coefficient (Wildman–Crippen LogP) is 6.18. The van der Waals surface area contributed by atoms with Crippen molar-refractivity contribution in [1.29, 1.82) is 0 Å². The fraction of sp³-hybridized carbons (Fsp3) is 0.100. The van der Waals surface area contributed by atoms with Gasteiger partial charge in [0, 0.05) is 5.02 Å². The SMILES string of the molecule is Cc1ccc(C(Cl)(c2ccccc2)c2cccc(Cl)c2)cc1. The maximum absolute atomic E-state index is 7.18. The standard InChI is InChI=1S/C20H16Cl2/c1-15-10-12-17(13-11-15)20(22,16-6-3-2-4-7-16)18-8-5-9-19(21)14-18/h2-14H,1H3. The van der Waals surface area contributed by atoms with Crippen molar-refractivity contribution in [2.75, 3.05) is 0 Å². The van der Waals surface area contributed by atoms with Crippen molar-refractivity contribution in [3.8, 4) is 0 Å². The van der Waals surface area contributed by atoms with Crippen LogP contribution in [0.2, 0.25) is 5.02 Å². The van der Waals surface area contributed by atoms with Gasteiger partial charge < -0.3 is 0 Å². The van der Waals surface area contributed by atoms with Crippen molar-refractivity contribution in [1.82, 2.24) is 0 Å². The highest BCUT2D eigenvalue weighted by Crippen LogP contribution is 2.43. The average molecular weight is 327 g/mol. The summed E-state index contributed by atoms with van der Waals surface area (Å²) in [7, 11) is 0. The van der Waals surface area contributed by atoms with Crippen LogP contribution >= 0.6 is 23.2 Å². The molecule has 0 radical (unpaired) electrons. The first-order chi connectivity index (χ1) is 10.6. The molecule has 110 valence electrons.